The minimum absolute atomic E-state index is 0.0306. The lowest BCUT2D eigenvalue weighted by molar-refractivity contribution is -0.119. The number of hydrogen-bond donors (Lipinski definition) is 3. The third kappa shape index (κ3) is 6.93. The number of aliphatic hydroxyl groups is 1. The molecule has 0 saturated carbocycles. The fourth-order valence-corrected chi connectivity index (χ4v) is 3.61. The predicted molar refractivity (Wildman–Crippen MR) is 127 cm³/mol. The molecule has 8 nitrogen and oxygen atoms in total. The van der Waals surface area contributed by atoms with Crippen LogP contribution in [0.15, 0.2) is 48.5 Å². The molecular weight excluding hydrogens is 430 g/mol. The van der Waals surface area contributed by atoms with Gasteiger partial charge in [0.05, 0.1) is 12.6 Å². The minimum Gasteiger partial charge on any atom is -0.387 e. The third-order valence-corrected chi connectivity index (χ3v) is 5.77. The number of hydrogen-bond acceptors (Lipinski definition) is 5. The van der Waals surface area contributed by atoms with Crippen LogP contribution in [0, 0.1) is 0 Å². The summed E-state index contributed by atoms with van der Waals surface area (Å²) in [5, 5.41) is 16.1. The Balaban J connectivity index is 1.46. The van der Waals surface area contributed by atoms with Gasteiger partial charge in [0.25, 0.3) is 0 Å². The van der Waals surface area contributed by atoms with E-state index in [1.165, 1.54) is 0 Å². The van der Waals surface area contributed by atoms with E-state index in [4.69, 9.17) is 11.6 Å². The zero-order valence-corrected chi connectivity index (χ0v) is 19.2. The Labute approximate surface area is 193 Å². The van der Waals surface area contributed by atoms with Crippen molar-refractivity contribution in [3.05, 3.63) is 59.1 Å². The first kappa shape index (κ1) is 24.0. The molecule has 3 rings (SSSR count). The van der Waals surface area contributed by atoms with E-state index >= 15 is 0 Å². The average molecular weight is 460 g/mol. The topological polar surface area (TPSA) is 88.2 Å². The largest absolute Gasteiger partial charge is 0.387 e. The second-order valence-electron chi connectivity index (χ2n) is 7.98. The summed E-state index contributed by atoms with van der Waals surface area (Å²) in [7, 11) is 3.84. The van der Waals surface area contributed by atoms with Crippen molar-refractivity contribution >= 4 is 34.9 Å². The molecule has 1 aliphatic rings. The van der Waals surface area contributed by atoms with E-state index in [-0.39, 0.29) is 12.5 Å². The van der Waals surface area contributed by atoms with Gasteiger partial charge in [-0.2, -0.15) is 0 Å². The number of carbonyl (C=O) groups is 2. The van der Waals surface area contributed by atoms with Crippen molar-refractivity contribution < 1.29 is 14.7 Å². The van der Waals surface area contributed by atoms with Gasteiger partial charge < -0.3 is 25.5 Å². The van der Waals surface area contributed by atoms with Gasteiger partial charge in [0.2, 0.25) is 5.91 Å². The molecule has 3 N–H and O–H groups in total. The van der Waals surface area contributed by atoms with Crippen LogP contribution < -0.4 is 15.5 Å². The van der Waals surface area contributed by atoms with Gasteiger partial charge in [-0.05, 0) is 49.0 Å². The number of halogens is 1. The van der Waals surface area contributed by atoms with Gasteiger partial charge in [0.15, 0.2) is 0 Å². The van der Waals surface area contributed by atoms with Crippen LogP contribution >= 0.6 is 11.6 Å². The zero-order chi connectivity index (χ0) is 23.1. The van der Waals surface area contributed by atoms with Gasteiger partial charge in [0, 0.05) is 56.2 Å². The van der Waals surface area contributed by atoms with Crippen molar-refractivity contribution in [3.8, 4) is 0 Å². The molecule has 1 saturated heterocycles. The van der Waals surface area contributed by atoms with E-state index in [1.54, 1.807) is 60.5 Å². The van der Waals surface area contributed by atoms with Crippen molar-refractivity contribution in [3.63, 3.8) is 0 Å². The molecule has 0 spiro atoms. The summed E-state index contributed by atoms with van der Waals surface area (Å²) in [4.78, 5) is 30.8. The standard InChI is InChI=1S/C23H30ClN5O3/c1-27-10-12-29(13-11-27)16-22(31)28(2)20-8-6-19(7-9-20)26-23(32)25-15-21(30)17-4-3-5-18(24)14-17/h3-9,14,21,30H,10-13,15-16H2,1-2H3,(H2,25,26,32). The number of aliphatic hydroxyl groups excluding tert-OH is 1. The monoisotopic (exact) mass is 459 g/mol. The Morgan fingerprint density at radius 1 is 1.12 bits per heavy atom. The fraction of sp³-hybridized carbons (Fsp3) is 0.391. The first-order valence-corrected chi connectivity index (χ1v) is 11.0. The Hall–Kier alpha value is -2.65. The van der Waals surface area contributed by atoms with Gasteiger partial charge in [-0.1, -0.05) is 23.7 Å². The normalized spacial score (nSPS) is 15.8. The molecule has 1 heterocycles. The van der Waals surface area contributed by atoms with Gasteiger partial charge in [-0.3, -0.25) is 9.69 Å². The highest BCUT2D eigenvalue weighted by Gasteiger charge is 2.19. The summed E-state index contributed by atoms with van der Waals surface area (Å²) in [6, 6.07) is 13.5. The van der Waals surface area contributed by atoms with Crippen molar-refractivity contribution in [2.75, 3.05) is 63.6 Å². The van der Waals surface area contributed by atoms with Crippen LogP contribution in [-0.2, 0) is 4.79 Å². The van der Waals surface area contributed by atoms with Gasteiger partial charge in [-0.25, -0.2) is 4.79 Å². The summed E-state index contributed by atoms with van der Waals surface area (Å²) in [5.41, 5.74) is 1.97. The van der Waals surface area contributed by atoms with Gasteiger partial charge >= 0.3 is 6.03 Å². The Bertz CT molecular complexity index is 916. The van der Waals surface area contributed by atoms with E-state index in [2.05, 4.69) is 27.5 Å². The van der Waals surface area contributed by atoms with Gasteiger partial charge in [0.1, 0.15) is 0 Å². The molecule has 0 aliphatic carbocycles. The number of urea groups is 1. The van der Waals surface area contributed by atoms with Crippen LogP contribution in [-0.4, -0.2) is 80.2 Å². The molecule has 32 heavy (non-hydrogen) atoms. The highest BCUT2D eigenvalue weighted by atomic mass is 35.5. The van der Waals surface area contributed by atoms with Crippen LogP contribution in [0.4, 0.5) is 16.2 Å². The van der Waals surface area contributed by atoms with Crippen molar-refractivity contribution in [2.24, 2.45) is 0 Å². The summed E-state index contributed by atoms with van der Waals surface area (Å²) in [6.45, 7) is 4.15. The van der Waals surface area contributed by atoms with Crippen LogP contribution in [0.5, 0.6) is 0 Å². The summed E-state index contributed by atoms with van der Waals surface area (Å²) >= 11 is 5.93. The molecule has 0 radical (unpaired) electrons. The number of nitrogens with zero attached hydrogens (tertiary/aromatic N) is 3. The summed E-state index contributed by atoms with van der Waals surface area (Å²) in [5.74, 6) is 0.0306. The SMILES string of the molecule is CN1CCN(CC(=O)N(C)c2ccc(NC(=O)NCC(O)c3cccc(Cl)c3)cc2)CC1. The number of amides is 3. The fourth-order valence-electron chi connectivity index (χ4n) is 3.41. The number of piperazine rings is 1. The first-order chi connectivity index (χ1) is 15.3. The van der Waals surface area contributed by atoms with E-state index in [0.717, 1.165) is 31.9 Å². The Kier molecular flexibility index (Phi) is 8.46. The van der Waals surface area contributed by atoms with E-state index in [0.29, 0.717) is 22.8 Å². The molecule has 0 aromatic heterocycles. The smallest absolute Gasteiger partial charge is 0.319 e. The van der Waals surface area contributed by atoms with Crippen molar-refractivity contribution in [1.29, 1.82) is 0 Å². The molecule has 3 amide bonds. The third-order valence-electron chi connectivity index (χ3n) is 5.53. The number of likely N-dealkylation sites (N-methyl/N-ethyl adjacent to an activating group) is 2. The molecule has 0 bridgehead atoms. The quantitative estimate of drug-likeness (QED) is 0.591. The number of nitrogens with one attached hydrogen (secondary N) is 2. The minimum atomic E-state index is -0.859. The summed E-state index contributed by atoms with van der Waals surface area (Å²) in [6.07, 6.45) is -0.859. The maximum Gasteiger partial charge on any atom is 0.319 e. The molecule has 172 valence electrons. The molecule has 9 heteroatoms. The molecule has 1 unspecified atom stereocenters. The molecule has 1 atom stereocenters. The Morgan fingerprint density at radius 3 is 2.47 bits per heavy atom. The van der Waals surface area contributed by atoms with Crippen molar-refractivity contribution in [2.45, 2.75) is 6.10 Å². The van der Waals surface area contributed by atoms with Gasteiger partial charge in [-0.15, -0.1) is 0 Å². The van der Waals surface area contributed by atoms with Crippen LogP contribution in [0.25, 0.3) is 0 Å². The first-order valence-electron chi connectivity index (χ1n) is 10.6. The molecule has 2 aromatic rings. The second-order valence-corrected chi connectivity index (χ2v) is 8.42. The average Bonchev–Trinajstić information content (AvgIpc) is 2.79. The highest BCUT2D eigenvalue weighted by molar-refractivity contribution is 6.30. The molecule has 1 aliphatic heterocycles. The lowest BCUT2D eigenvalue weighted by Crippen LogP contribution is -2.48. The van der Waals surface area contributed by atoms with Crippen LogP contribution in [0.1, 0.15) is 11.7 Å². The molecule has 2 aromatic carbocycles. The highest BCUT2D eigenvalue weighted by Crippen LogP contribution is 2.19. The van der Waals surface area contributed by atoms with E-state index in [9.17, 15) is 14.7 Å². The maximum atomic E-state index is 12.6. The number of benzene rings is 2. The summed E-state index contributed by atoms with van der Waals surface area (Å²) < 4.78 is 0. The van der Waals surface area contributed by atoms with Crippen molar-refractivity contribution in [1.82, 2.24) is 15.1 Å². The number of anilines is 2. The zero-order valence-electron chi connectivity index (χ0n) is 18.4. The second kappa shape index (κ2) is 11.3. The van der Waals surface area contributed by atoms with E-state index in [1.807, 2.05) is 0 Å². The Morgan fingerprint density at radius 2 is 1.81 bits per heavy atom. The number of carbonyl (C=O) groups excluding carboxylic acids is 2. The van der Waals surface area contributed by atoms with Crippen LogP contribution in [0.2, 0.25) is 5.02 Å². The molecular formula is C23H30ClN5O3. The lowest BCUT2D eigenvalue weighted by atomic mass is 10.1. The van der Waals surface area contributed by atoms with E-state index < -0.39 is 12.1 Å². The number of rotatable bonds is 7. The molecule has 1 fully saturated rings. The lowest BCUT2D eigenvalue weighted by Gasteiger charge is -2.32. The predicted octanol–water partition coefficient (Wildman–Crippen LogP) is 2.41. The van der Waals surface area contributed by atoms with Crippen LogP contribution in [0.3, 0.4) is 0 Å². The maximum absolute atomic E-state index is 12.6.